The second-order valence-electron chi connectivity index (χ2n) is 7.82. The summed E-state index contributed by atoms with van der Waals surface area (Å²) < 4.78 is 5.25. The Kier molecular flexibility index (Phi) is 4.71. The van der Waals surface area contributed by atoms with Crippen molar-refractivity contribution < 1.29 is 9.32 Å². The molecule has 2 unspecified atom stereocenters. The Morgan fingerprint density at radius 2 is 2.13 bits per heavy atom. The number of nitrogens with zero attached hydrogens (tertiary/aromatic N) is 3. The number of piperidine rings is 1. The lowest BCUT2D eigenvalue weighted by Gasteiger charge is -2.32. The maximum Gasteiger partial charge on any atom is 0.227 e. The highest BCUT2D eigenvalue weighted by molar-refractivity contribution is 5.76. The SMILES string of the molecule is CC(C)(C)c1noc(CCC(=O)NC2CCN3CCCCC23)n1. The smallest absolute Gasteiger partial charge is 0.227 e. The minimum absolute atomic E-state index is 0.0953. The van der Waals surface area contributed by atoms with Crippen LogP contribution in [0.25, 0.3) is 0 Å². The van der Waals surface area contributed by atoms with Gasteiger partial charge in [-0.25, -0.2) is 0 Å². The van der Waals surface area contributed by atoms with E-state index in [1.165, 1.54) is 25.8 Å². The maximum absolute atomic E-state index is 12.2. The molecule has 2 aliphatic rings. The fourth-order valence-corrected chi connectivity index (χ4v) is 3.58. The summed E-state index contributed by atoms with van der Waals surface area (Å²) in [5, 5.41) is 7.21. The summed E-state index contributed by atoms with van der Waals surface area (Å²) in [5.41, 5.74) is -0.127. The van der Waals surface area contributed by atoms with E-state index >= 15 is 0 Å². The number of fused-ring (bicyclic) bond motifs is 1. The van der Waals surface area contributed by atoms with E-state index in [0.717, 1.165) is 13.0 Å². The van der Waals surface area contributed by atoms with Crippen molar-refractivity contribution in [1.82, 2.24) is 20.4 Å². The first-order valence-electron chi connectivity index (χ1n) is 8.80. The van der Waals surface area contributed by atoms with Crippen LogP contribution in [0.5, 0.6) is 0 Å². The molecule has 2 atom stereocenters. The molecule has 2 aliphatic heterocycles. The van der Waals surface area contributed by atoms with Crippen molar-refractivity contribution in [3.8, 4) is 0 Å². The van der Waals surface area contributed by atoms with Gasteiger partial charge in [0.1, 0.15) is 0 Å². The molecule has 3 heterocycles. The van der Waals surface area contributed by atoms with Gasteiger partial charge in [-0.05, 0) is 25.8 Å². The van der Waals surface area contributed by atoms with Crippen molar-refractivity contribution >= 4 is 5.91 Å². The zero-order valence-electron chi connectivity index (χ0n) is 14.5. The summed E-state index contributed by atoms with van der Waals surface area (Å²) in [6.45, 7) is 8.45. The molecule has 0 saturated carbocycles. The van der Waals surface area contributed by atoms with Crippen molar-refractivity contribution in [3.05, 3.63) is 11.7 Å². The van der Waals surface area contributed by atoms with E-state index in [1.54, 1.807) is 0 Å². The van der Waals surface area contributed by atoms with Gasteiger partial charge >= 0.3 is 0 Å². The average Bonchev–Trinajstić information content (AvgIpc) is 3.12. The lowest BCUT2D eigenvalue weighted by molar-refractivity contribution is -0.122. The molecule has 6 heteroatoms. The lowest BCUT2D eigenvalue weighted by Crippen LogP contribution is -2.46. The number of carbonyl (C=O) groups is 1. The normalized spacial score (nSPS) is 25.3. The summed E-state index contributed by atoms with van der Waals surface area (Å²) in [4.78, 5) is 19.1. The van der Waals surface area contributed by atoms with Crippen LogP contribution in [0, 0.1) is 0 Å². The van der Waals surface area contributed by atoms with Crippen LogP contribution in [-0.2, 0) is 16.6 Å². The summed E-state index contributed by atoms with van der Waals surface area (Å²) in [5.74, 6) is 1.34. The fraction of sp³-hybridized carbons (Fsp3) is 0.824. The fourth-order valence-electron chi connectivity index (χ4n) is 3.58. The molecule has 1 amide bonds. The molecule has 1 N–H and O–H groups in total. The van der Waals surface area contributed by atoms with E-state index in [2.05, 4.69) is 20.4 Å². The second-order valence-corrected chi connectivity index (χ2v) is 7.82. The summed E-state index contributed by atoms with van der Waals surface area (Å²) in [6, 6.07) is 0.860. The zero-order valence-corrected chi connectivity index (χ0v) is 14.5. The Balaban J connectivity index is 1.47. The Morgan fingerprint density at radius 1 is 1.30 bits per heavy atom. The Labute approximate surface area is 138 Å². The number of nitrogens with one attached hydrogen (secondary N) is 1. The summed E-state index contributed by atoms with van der Waals surface area (Å²) in [6.07, 6.45) is 5.79. The molecule has 0 bridgehead atoms. The van der Waals surface area contributed by atoms with Crippen LogP contribution in [0.2, 0.25) is 0 Å². The molecular weight excluding hydrogens is 292 g/mol. The van der Waals surface area contributed by atoms with Crippen LogP contribution in [0.1, 0.15) is 64.6 Å². The Hall–Kier alpha value is -1.43. The number of amides is 1. The van der Waals surface area contributed by atoms with E-state index in [-0.39, 0.29) is 11.3 Å². The molecule has 1 aromatic heterocycles. The molecule has 2 saturated heterocycles. The van der Waals surface area contributed by atoms with Crippen LogP contribution in [-0.4, -0.2) is 46.1 Å². The van der Waals surface area contributed by atoms with Gasteiger partial charge in [-0.2, -0.15) is 4.98 Å². The van der Waals surface area contributed by atoms with E-state index < -0.39 is 0 Å². The van der Waals surface area contributed by atoms with Crippen molar-refractivity contribution in [2.45, 2.75) is 76.8 Å². The summed E-state index contributed by atoms with van der Waals surface area (Å²) in [7, 11) is 0. The molecule has 1 aromatic rings. The first kappa shape index (κ1) is 16.4. The van der Waals surface area contributed by atoms with Crippen molar-refractivity contribution in [2.24, 2.45) is 0 Å². The van der Waals surface area contributed by atoms with E-state index in [1.807, 2.05) is 20.8 Å². The lowest BCUT2D eigenvalue weighted by atomic mass is 9.96. The molecule has 0 spiro atoms. The van der Waals surface area contributed by atoms with Gasteiger partial charge < -0.3 is 9.84 Å². The number of hydrogen-bond donors (Lipinski definition) is 1. The van der Waals surface area contributed by atoms with Crippen LogP contribution in [0.3, 0.4) is 0 Å². The first-order chi connectivity index (χ1) is 10.9. The third kappa shape index (κ3) is 3.91. The largest absolute Gasteiger partial charge is 0.352 e. The van der Waals surface area contributed by atoms with Gasteiger partial charge in [0.2, 0.25) is 11.8 Å². The third-order valence-corrected chi connectivity index (χ3v) is 4.91. The predicted octanol–water partition coefficient (Wildman–Crippen LogP) is 2.04. The van der Waals surface area contributed by atoms with E-state index in [4.69, 9.17) is 4.52 Å². The predicted molar refractivity (Wildman–Crippen MR) is 87.1 cm³/mol. The number of hydrogen-bond acceptors (Lipinski definition) is 5. The average molecular weight is 320 g/mol. The molecule has 0 aromatic carbocycles. The Bertz CT molecular complexity index is 549. The van der Waals surface area contributed by atoms with Crippen molar-refractivity contribution in [1.29, 1.82) is 0 Å². The molecule has 2 fully saturated rings. The molecule has 6 nitrogen and oxygen atoms in total. The monoisotopic (exact) mass is 320 g/mol. The topological polar surface area (TPSA) is 71.3 Å². The standard InChI is InChI=1S/C17H28N4O2/c1-17(2,3)16-19-15(23-20-16)8-7-14(22)18-12-9-11-21-10-5-4-6-13(12)21/h12-13H,4-11H2,1-3H3,(H,18,22). The van der Waals surface area contributed by atoms with Crippen LogP contribution in [0.4, 0.5) is 0 Å². The quantitative estimate of drug-likeness (QED) is 0.919. The molecule has 23 heavy (non-hydrogen) atoms. The highest BCUT2D eigenvalue weighted by atomic mass is 16.5. The van der Waals surface area contributed by atoms with Gasteiger partial charge in [0.15, 0.2) is 5.82 Å². The first-order valence-corrected chi connectivity index (χ1v) is 8.80. The molecule has 0 aliphatic carbocycles. The maximum atomic E-state index is 12.2. The van der Waals surface area contributed by atoms with Gasteiger partial charge in [0.05, 0.1) is 0 Å². The van der Waals surface area contributed by atoms with Crippen molar-refractivity contribution in [2.75, 3.05) is 13.1 Å². The van der Waals surface area contributed by atoms with Gasteiger partial charge in [0, 0.05) is 36.9 Å². The molecular formula is C17H28N4O2. The second kappa shape index (κ2) is 6.59. The van der Waals surface area contributed by atoms with Crippen LogP contribution in [0.15, 0.2) is 4.52 Å². The molecule has 0 radical (unpaired) electrons. The minimum atomic E-state index is -0.127. The number of aromatic nitrogens is 2. The van der Waals surface area contributed by atoms with Gasteiger partial charge in [0.25, 0.3) is 0 Å². The number of rotatable bonds is 4. The molecule has 3 rings (SSSR count). The van der Waals surface area contributed by atoms with Crippen LogP contribution >= 0.6 is 0 Å². The highest BCUT2D eigenvalue weighted by Gasteiger charge is 2.36. The van der Waals surface area contributed by atoms with Gasteiger partial charge in [-0.1, -0.05) is 32.3 Å². The van der Waals surface area contributed by atoms with Crippen molar-refractivity contribution in [3.63, 3.8) is 0 Å². The third-order valence-electron chi connectivity index (χ3n) is 4.91. The van der Waals surface area contributed by atoms with Gasteiger partial charge in [-0.3, -0.25) is 9.69 Å². The van der Waals surface area contributed by atoms with E-state index in [9.17, 15) is 4.79 Å². The van der Waals surface area contributed by atoms with E-state index in [0.29, 0.717) is 36.6 Å². The van der Waals surface area contributed by atoms with Gasteiger partial charge in [-0.15, -0.1) is 0 Å². The molecule has 128 valence electrons. The van der Waals surface area contributed by atoms with Crippen LogP contribution < -0.4 is 5.32 Å². The highest BCUT2D eigenvalue weighted by Crippen LogP contribution is 2.27. The number of aryl methyl sites for hydroxylation is 1. The number of carbonyl (C=O) groups excluding carboxylic acids is 1. The minimum Gasteiger partial charge on any atom is -0.352 e. The Morgan fingerprint density at radius 3 is 2.87 bits per heavy atom. The zero-order chi connectivity index (χ0) is 16.4. The summed E-state index contributed by atoms with van der Waals surface area (Å²) >= 11 is 0.